The Balaban J connectivity index is 2.44. The summed E-state index contributed by atoms with van der Waals surface area (Å²) in [5, 5.41) is 18.5. The van der Waals surface area contributed by atoms with E-state index >= 15 is 0 Å². The first-order valence-corrected chi connectivity index (χ1v) is 5.07. The minimum absolute atomic E-state index is 0.0651. The molecular weight excluding hydrogens is 222 g/mol. The molecule has 0 saturated carbocycles. The second-order valence-corrected chi connectivity index (χ2v) is 4.24. The van der Waals surface area contributed by atoms with Gasteiger partial charge >= 0.3 is 5.97 Å². The second kappa shape index (κ2) is 3.74. The number of hydrogen-bond donors (Lipinski definition) is 3. The molecule has 0 amide bonds. The van der Waals surface area contributed by atoms with E-state index in [0.29, 0.717) is 11.0 Å². The Hall–Kier alpha value is -2.08. The Morgan fingerprint density at radius 2 is 2.29 bits per heavy atom. The van der Waals surface area contributed by atoms with Crippen LogP contribution in [0.4, 0.5) is 0 Å². The first-order chi connectivity index (χ1) is 7.92. The van der Waals surface area contributed by atoms with Crippen LogP contribution in [0.2, 0.25) is 0 Å². The third-order valence-corrected chi connectivity index (χ3v) is 2.62. The van der Waals surface area contributed by atoms with Crippen molar-refractivity contribution in [1.82, 2.24) is 9.55 Å². The van der Waals surface area contributed by atoms with Crippen molar-refractivity contribution in [2.24, 2.45) is 5.73 Å². The summed E-state index contributed by atoms with van der Waals surface area (Å²) in [5.41, 5.74) is 5.39. The molecule has 1 aromatic carbocycles. The van der Waals surface area contributed by atoms with Gasteiger partial charge in [-0.1, -0.05) is 6.07 Å². The lowest BCUT2D eigenvalue weighted by molar-refractivity contribution is -0.143. The van der Waals surface area contributed by atoms with Crippen LogP contribution in [0.3, 0.4) is 0 Å². The second-order valence-electron chi connectivity index (χ2n) is 4.24. The van der Waals surface area contributed by atoms with Gasteiger partial charge in [-0.3, -0.25) is 4.79 Å². The Morgan fingerprint density at radius 1 is 1.59 bits per heavy atom. The SMILES string of the molecule is C[C@](N)(Cn1cnc2c(O)cccc21)C(=O)O. The largest absolute Gasteiger partial charge is 0.506 e. The summed E-state index contributed by atoms with van der Waals surface area (Å²) in [5.74, 6) is -1.02. The number of aromatic nitrogens is 2. The van der Waals surface area contributed by atoms with Gasteiger partial charge in [0.15, 0.2) is 0 Å². The number of phenols is 1. The van der Waals surface area contributed by atoms with Crippen molar-refractivity contribution in [3.8, 4) is 5.75 Å². The molecule has 1 heterocycles. The van der Waals surface area contributed by atoms with Gasteiger partial charge in [-0.15, -0.1) is 0 Å². The van der Waals surface area contributed by atoms with Crippen molar-refractivity contribution in [3.63, 3.8) is 0 Å². The molecule has 6 nitrogen and oxygen atoms in total. The number of phenolic OH excluding ortho intramolecular Hbond substituents is 1. The molecule has 0 bridgehead atoms. The molecule has 0 aliphatic heterocycles. The van der Waals surface area contributed by atoms with Crippen LogP contribution in [0.25, 0.3) is 11.0 Å². The van der Waals surface area contributed by atoms with E-state index in [2.05, 4.69) is 4.98 Å². The molecule has 0 radical (unpaired) electrons. The highest BCUT2D eigenvalue weighted by Crippen LogP contribution is 2.23. The van der Waals surface area contributed by atoms with Crippen molar-refractivity contribution in [1.29, 1.82) is 0 Å². The Bertz CT molecular complexity index is 574. The van der Waals surface area contributed by atoms with Gasteiger partial charge in [0.1, 0.15) is 16.8 Å². The van der Waals surface area contributed by atoms with Crippen molar-refractivity contribution >= 4 is 17.0 Å². The van der Waals surface area contributed by atoms with Gasteiger partial charge in [0.25, 0.3) is 0 Å². The fourth-order valence-corrected chi connectivity index (χ4v) is 1.62. The van der Waals surface area contributed by atoms with Gasteiger partial charge in [-0.25, -0.2) is 4.98 Å². The lowest BCUT2D eigenvalue weighted by Gasteiger charge is -2.19. The van der Waals surface area contributed by atoms with E-state index in [1.165, 1.54) is 19.3 Å². The van der Waals surface area contributed by atoms with Gasteiger partial charge in [0.2, 0.25) is 0 Å². The number of carboxylic acid groups (broad SMARTS) is 1. The number of imidazole rings is 1. The van der Waals surface area contributed by atoms with E-state index in [-0.39, 0.29) is 12.3 Å². The van der Waals surface area contributed by atoms with Crippen LogP contribution in [-0.4, -0.2) is 31.3 Å². The monoisotopic (exact) mass is 235 g/mol. The molecular formula is C11H13N3O3. The number of nitrogens with zero attached hydrogens (tertiary/aromatic N) is 2. The average Bonchev–Trinajstić information content (AvgIpc) is 2.62. The molecule has 0 aliphatic carbocycles. The van der Waals surface area contributed by atoms with E-state index in [1.54, 1.807) is 16.7 Å². The molecule has 0 saturated heterocycles. The van der Waals surface area contributed by atoms with Crippen LogP contribution >= 0.6 is 0 Å². The van der Waals surface area contributed by atoms with Gasteiger partial charge in [-0.05, 0) is 19.1 Å². The maximum atomic E-state index is 10.9. The van der Waals surface area contributed by atoms with Crippen LogP contribution in [-0.2, 0) is 11.3 Å². The van der Waals surface area contributed by atoms with Crippen molar-refractivity contribution < 1.29 is 15.0 Å². The van der Waals surface area contributed by atoms with E-state index in [9.17, 15) is 9.90 Å². The molecule has 2 aromatic rings. The molecule has 2 rings (SSSR count). The topological polar surface area (TPSA) is 101 Å². The quantitative estimate of drug-likeness (QED) is 0.720. The van der Waals surface area contributed by atoms with E-state index in [0.717, 1.165) is 0 Å². The number of rotatable bonds is 3. The summed E-state index contributed by atoms with van der Waals surface area (Å²) in [6.45, 7) is 1.52. The number of para-hydroxylation sites is 1. The average molecular weight is 235 g/mol. The highest BCUT2D eigenvalue weighted by Gasteiger charge is 2.29. The van der Waals surface area contributed by atoms with Gasteiger partial charge in [0, 0.05) is 0 Å². The molecule has 1 aromatic heterocycles. The van der Waals surface area contributed by atoms with Crippen LogP contribution in [0.15, 0.2) is 24.5 Å². The lowest BCUT2D eigenvalue weighted by Crippen LogP contribution is -2.48. The van der Waals surface area contributed by atoms with E-state index < -0.39 is 11.5 Å². The highest BCUT2D eigenvalue weighted by atomic mass is 16.4. The number of aliphatic carboxylic acids is 1. The Morgan fingerprint density at radius 3 is 2.94 bits per heavy atom. The first-order valence-electron chi connectivity index (χ1n) is 5.07. The number of aromatic hydroxyl groups is 1. The molecule has 0 unspecified atom stereocenters. The summed E-state index contributed by atoms with van der Waals surface area (Å²) in [4.78, 5) is 15.0. The Labute approximate surface area is 97.3 Å². The van der Waals surface area contributed by atoms with Crippen LogP contribution in [0.1, 0.15) is 6.92 Å². The van der Waals surface area contributed by atoms with Crippen LogP contribution < -0.4 is 5.73 Å². The third-order valence-electron chi connectivity index (χ3n) is 2.62. The fourth-order valence-electron chi connectivity index (χ4n) is 1.62. The molecule has 6 heteroatoms. The molecule has 1 atom stereocenters. The van der Waals surface area contributed by atoms with Crippen molar-refractivity contribution in [2.75, 3.05) is 0 Å². The molecule has 17 heavy (non-hydrogen) atoms. The minimum atomic E-state index is -1.38. The standard InChI is InChI=1S/C11H13N3O3/c1-11(12,10(16)17)5-14-6-13-9-7(14)3-2-4-8(9)15/h2-4,6,15H,5,12H2,1H3,(H,16,17)/t11-/m0/s1. The molecule has 90 valence electrons. The van der Waals surface area contributed by atoms with Crippen LogP contribution in [0.5, 0.6) is 5.75 Å². The number of hydrogen-bond acceptors (Lipinski definition) is 4. The number of nitrogens with two attached hydrogens (primary N) is 1. The van der Waals surface area contributed by atoms with Crippen molar-refractivity contribution in [2.45, 2.75) is 19.0 Å². The van der Waals surface area contributed by atoms with Gasteiger partial charge in [-0.2, -0.15) is 0 Å². The first kappa shape index (κ1) is 11.4. The minimum Gasteiger partial charge on any atom is -0.506 e. The summed E-state index contributed by atoms with van der Waals surface area (Å²) in [6, 6.07) is 4.95. The summed E-state index contributed by atoms with van der Waals surface area (Å²) in [6.07, 6.45) is 1.47. The fraction of sp³-hybridized carbons (Fsp3) is 0.273. The summed E-state index contributed by atoms with van der Waals surface area (Å²) in [7, 11) is 0. The predicted molar refractivity (Wildman–Crippen MR) is 61.6 cm³/mol. The molecule has 0 fully saturated rings. The van der Waals surface area contributed by atoms with Crippen LogP contribution in [0, 0.1) is 0 Å². The molecule has 4 N–H and O–H groups in total. The number of fused-ring (bicyclic) bond motifs is 1. The highest BCUT2D eigenvalue weighted by molar-refractivity contribution is 5.82. The zero-order chi connectivity index (χ0) is 12.6. The Kier molecular flexibility index (Phi) is 2.51. The number of carboxylic acids is 1. The zero-order valence-corrected chi connectivity index (χ0v) is 9.29. The zero-order valence-electron chi connectivity index (χ0n) is 9.29. The van der Waals surface area contributed by atoms with E-state index in [4.69, 9.17) is 10.8 Å². The lowest BCUT2D eigenvalue weighted by atomic mass is 10.0. The summed E-state index contributed by atoms with van der Waals surface area (Å²) >= 11 is 0. The normalized spacial score (nSPS) is 14.7. The summed E-state index contributed by atoms with van der Waals surface area (Å²) < 4.78 is 1.61. The van der Waals surface area contributed by atoms with Crippen molar-refractivity contribution in [3.05, 3.63) is 24.5 Å². The predicted octanol–water partition coefficient (Wildman–Crippen LogP) is 0.544. The molecule has 0 spiro atoms. The third kappa shape index (κ3) is 1.94. The van der Waals surface area contributed by atoms with Gasteiger partial charge < -0.3 is 20.5 Å². The van der Waals surface area contributed by atoms with E-state index in [1.807, 2.05) is 0 Å². The van der Waals surface area contributed by atoms with Gasteiger partial charge in [0.05, 0.1) is 18.4 Å². The maximum absolute atomic E-state index is 10.9. The molecule has 0 aliphatic rings. The smallest absolute Gasteiger partial charge is 0.325 e. The number of benzene rings is 1. The maximum Gasteiger partial charge on any atom is 0.325 e. The number of carbonyl (C=O) groups is 1.